The minimum Gasteiger partial charge on any atom is -0.461 e. The molecule has 0 bridgehead atoms. The third-order valence-corrected chi connectivity index (χ3v) is 5.06. The average molecular weight is 382 g/mol. The van der Waals surface area contributed by atoms with Crippen LogP contribution in [0.2, 0.25) is 0 Å². The second-order valence-electron chi connectivity index (χ2n) is 6.20. The predicted octanol–water partition coefficient (Wildman–Crippen LogP) is 5.68. The Kier molecular flexibility index (Phi) is 6.14. The zero-order valence-electron chi connectivity index (χ0n) is 14.9. The minimum atomic E-state index is -0.380. The van der Waals surface area contributed by atoms with Gasteiger partial charge in [0.1, 0.15) is 10.7 Å². The first-order valence-electron chi connectivity index (χ1n) is 8.65. The van der Waals surface area contributed by atoms with Crippen molar-refractivity contribution in [3.63, 3.8) is 0 Å². The Morgan fingerprint density at radius 3 is 2.41 bits per heavy atom. The SMILES string of the molecule is Cc1ccc(-c2ccsc2C(=O)OCCCC(=O)c2ccc(F)cc2)cc1. The number of esters is 1. The third kappa shape index (κ3) is 4.89. The summed E-state index contributed by atoms with van der Waals surface area (Å²) in [5.74, 6) is -0.849. The molecule has 0 radical (unpaired) electrons. The Labute approximate surface area is 161 Å². The van der Waals surface area contributed by atoms with E-state index in [4.69, 9.17) is 4.74 Å². The van der Waals surface area contributed by atoms with Gasteiger partial charge in [-0.25, -0.2) is 9.18 Å². The van der Waals surface area contributed by atoms with Crippen LogP contribution >= 0.6 is 11.3 Å². The number of thiophene rings is 1. The van der Waals surface area contributed by atoms with Crippen molar-refractivity contribution in [1.29, 1.82) is 0 Å². The quantitative estimate of drug-likeness (QED) is 0.300. The summed E-state index contributed by atoms with van der Waals surface area (Å²) in [5.41, 5.74) is 3.44. The van der Waals surface area contributed by atoms with Crippen LogP contribution in [0.15, 0.2) is 60.0 Å². The highest BCUT2D eigenvalue weighted by atomic mass is 32.1. The molecule has 1 heterocycles. The van der Waals surface area contributed by atoms with Crippen molar-refractivity contribution in [3.8, 4) is 11.1 Å². The van der Waals surface area contributed by atoms with E-state index in [-0.39, 0.29) is 30.6 Å². The van der Waals surface area contributed by atoms with E-state index < -0.39 is 0 Å². The maximum atomic E-state index is 12.9. The summed E-state index contributed by atoms with van der Waals surface area (Å²) in [6.07, 6.45) is 0.668. The van der Waals surface area contributed by atoms with Gasteiger partial charge >= 0.3 is 5.97 Å². The molecule has 0 amide bonds. The molecule has 0 spiro atoms. The van der Waals surface area contributed by atoms with Crippen molar-refractivity contribution in [2.75, 3.05) is 6.61 Å². The molecule has 0 N–H and O–H groups in total. The summed E-state index contributed by atoms with van der Waals surface area (Å²) in [6, 6.07) is 15.3. The number of aryl methyl sites for hydroxylation is 1. The molecule has 3 rings (SSSR count). The number of ether oxygens (including phenoxy) is 1. The molecule has 0 saturated heterocycles. The van der Waals surface area contributed by atoms with Gasteiger partial charge in [-0.15, -0.1) is 11.3 Å². The van der Waals surface area contributed by atoms with Gasteiger partial charge in [-0.2, -0.15) is 0 Å². The van der Waals surface area contributed by atoms with Gasteiger partial charge < -0.3 is 4.74 Å². The van der Waals surface area contributed by atoms with Crippen molar-refractivity contribution in [2.45, 2.75) is 19.8 Å². The van der Waals surface area contributed by atoms with E-state index in [1.54, 1.807) is 0 Å². The van der Waals surface area contributed by atoms with Crippen molar-refractivity contribution < 1.29 is 18.7 Å². The highest BCUT2D eigenvalue weighted by Gasteiger charge is 2.16. The number of Topliss-reactive ketones (excluding diaryl/α,β-unsaturated/α-hetero) is 1. The molecule has 138 valence electrons. The average Bonchev–Trinajstić information content (AvgIpc) is 3.16. The van der Waals surface area contributed by atoms with E-state index in [2.05, 4.69) is 0 Å². The first-order chi connectivity index (χ1) is 13.0. The fraction of sp³-hybridized carbons (Fsp3) is 0.182. The van der Waals surface area contributed by atoms with Gasteiger partial charge in [0.05, 0.1) is 6.61 Å². The van der Waals surface area contributed by atoms with E-state index in [0.717, 1.165) is 16.7 Å². The second-order valence-corrected chi connectivity index (χ2v) is 7.12. The highest BCUT2D eigenvalue weighted by molar-refractivity contribution is 7.12. The Hall–Kier alpha value is -2.79. The van der Waals surface area contributed by atoms with E-state index in [9.17, 15) is 14.0 Å². The number of carbonyl (C=O) groups is 2. The smallest absolute Gasteiger partial charge is 0.348 e. The third-order valence-electron chi connectivity index (χ3n) is 4.16. The van der Waals surface area contributed by atoms with Gasteiger partial charge in [0.2, 0.25) is 0 Å². The lowest BCUT2D eigenvalue weighted by Crippen LogP contribution is -2.08. The standard InChI is InChI=1S/C22H19FO3S/c1-15-4-6-16(7-5-15)19-12-14-27-21(19)22(25)26-13-2-3-20(24)17-8-10-18(23)11-9-17/h4-12,14H,2-3,13H2,1H3. The molecule has 0 aliphatic heterocycles. The number of halogens is 1. The summed E-state index contributed by atoms with van der Waals surface area (Å²) in [6.45, 7) is 2.18. The van der Waals surface area contributed by atoms with E-state index in [0.29, 0.717) is 16.9 Å². The van der Waals surface area contributed by atoms with Crippen LogP contribution in [0.3, 0.4) is 0 Å². The molecule has 0 fully saturated rings. The fourth-order valence-corrected chi connectivity index (χ4v) is 3.48. The molecule has 0 atom stereocenters. The Morgan fingerprint density at radius 2 is 1.70 bits per heavy atom. The van der Waals surface area contributed by atoms with Gasteiger partial charge in [0, 0.05) is 17.5 Å². The summed E-state index contributed by atoms with van der Waals surface area (Å²) in [4.78, 5) is 25.0. The highest BCUT2D eigenvalue weighted by Crippen LogP contribution is 2.29. The molecular formula is C22H19FO3S. The first-order valence-corrected chi connectivity index (χ1v) is 9.53. The van der Waals surface area contributed by atoms with Crippen LogP contribution in [-0.2, 0) is 4.74 Å². The molecule has 0 aliphatic carbocycles. The zero-order valence-corrected chi connectivity index (χ0v) is 15.7. The molecule has 0 unspecified atom stereocenters. The number of carbonyl (C=O) groups excluding carboxylic acids is 2. The molecule has 0 aliphatic rings. The first kappa shape index (κ1) is 19.0. The summed E-state index contributed by atoms with van der Waals surface area (Å²) in [5, 5.41) is 1.86. The topological polar surface area (TPSA) is 43.4 Å². The molecule has 27 heavy (non-hydrogen) atoms. The van der Waals surface area contributed by atoms with E-state index in [1.807, 2.05) is 42.6 Å². The number of hydrogen-bond donors (Lipinski definition) is 0. The lowest BCUT2D eigenvalue weighted by atomic mass is 10.1. The maximum Gasteiger partial charge on any atom is 0.348 e. The molecule has 5 heteroatoms. The minimum absolute atomic E-state index is 0.0949. The van der Waals surface area contributed by atoms with Crippen molar-refractivity contribution >= 4 is 23.1 Å². The number of ketones is 1. The molecule has 3 nitrogen and oxygen atoms in total. The maximum absolute atomic E-state index is 12.9. The molecule has 3 aromatic rings. The Morgan fingerprint density at radius 1 is 1.00 bits per heavy atom. The molecular weight excluding hydrogens is 363 g/mol. The van der Waals surface area contributed by atoms with Crippen molar-refractivity contribution in [1.82, 2.24) is 0 Å². The normalized spacial score (nSPS) is 10.6. The van der Waals surface area contributed by atoms with Gasteiger partial charge in [-0.1, -0.05) is 29.8 Å². The lowest BCUT2D eigenvalue weighted by Gasteiger charge is -2.06. The number of rotatable bonds is 7. The van der Waals surface area contributed by atoms with Crippen LogP contribution in [0.25, 0.3) is 11.1 Å². The Bertz CT molecular complexity index is 927. The molecule has 0 saturated carbocycles. The lowest BCUT2D eigenvalue weighted by molar-refractivity contribution is 0.0500. The second kappa shape index (κ2) is 8.73. The summed E-state index contributed by atoms with van der Waals surface area (Å²) < 4.78 is 18.2. The van der Waals surface area contributed by atoms with Crippen molar-refractivity contribution in [3.05, 3.63) is 81.8 Å². The van der Waals surface area contributed by atoms with Gasteiger partial charge in [0.25, 0.3) is 0 Å². The number of benzene rings is 2. The molecule has 1 aromatic heterocycles. The van der Waals surface area contributed by atoms with Gasteiger partial charge in [0.15, 0.2) is 5.78 Å². The van der Waals surface area contributed by atoms with Crippen LogP contribution in [0.5, 0.6) is 0 Å². The van der Waals surface area contributed by atoms with E-state index >= 15 is 0 Å². The van der Waals surface area contributed by atoms with Crippen LogP contribution in [0, 0.1) is 12.7 Å². The van der Waals surface area contributed by atoms with Gasteiger partial charge in [-0.3, -0.25) is 4.79 Å². The predicted molar refractivity (Wildman–Crippen MR) is 105 cm³/mol. The van der Waals surface area contributed by atoms with E-state index in [1.165, 1.54) is 35.6 Å². The zero-order chi connectivity index (χ0) is 19.2. The summed E-state index contributed by atoms with van der Waals surface area (Å²) >= 11 is 1.34. The monoisotopic (exact) mass is 382 g/mol. The fourth-order valence-electron chi connectivity index (χ4n) is 2.67. The van der Waals surface area contributed by atoms with Crippen molar-refractivity contribution in [2.24, 2.45) is 0 Å². The van der Waals surface area contributed by atoms with Crippen LogP contribution in [0.1, 0.15) is 38.4 Å². The van der Waals surface area contributed by atoms with Gasteiger partial charge in [-0.05, 0) is 54.6 Å². The summed E-state index contributed by atoms with van der Waals surface area (Å²) in [7, 11) is 0. The number of hydrogen-bond acceptors (Lipinski definition) is 4. The largest absolute Gasteiger partial charge is 0.461 e. The van der Waals surface area contributed by atoms with Crippen LogP contribution < -0.4 is 0 Å². The van der Waals surface area contributed by atoms with Crippen LogP contribution in [0.4, 0.5) is 4.39 Å². The Balaban J connectivity index is 1.53. The van der Waals surface area contributed by atoms with Crippen LogP contribution in [-0.4, -0.2) is 18.4 Å². The molecule has 2 aromatic carbocycles.